The van der Waals surface area contributed by atoms with E-state index in [4.69, 9.17) is 11.5 Å². The Morgan fingerprint density at radius 2 is 2.17 bits per heavy atom. The lowest BCUT2D eigenvalue weighted by atomic mass is 9.80. The highest BCUT2D eigenvalue weighted by Crippen LogP contribution is 2.61. The molecule has 2 rings (SSSR count). The van der Waals surface area contributed by atoms with Crippen LogP contribution >= 0.6 is 0 Å². The maximum absolute atomic E-state index is 11.0. The fraction of sp³-hybridized carbons (Fsp3) is 0.700. The molecule has 0 aromatic rings. The lowest BCUT2D eigenvalue weighted by Gasteiger charge is -2.22. The van der Waals surface area contributed by atoms with E-state index < -0.39 is 11.4 Å². The van der Waals surface area contributed by atoms with Crippen molar-refractivity contribution in [2.24, 2.45) is 17.3 Å². The number of aliphatic carboxylic acids is 1. The lowest BCUT2D eigenvalue weighted by molar-refractivity contribution is -0.149. The van der Waals surface area contributed by atoms with Crippen LogP contribution in [0.5, 0.6) is 0 Å². The zero-order valence-corrected chi connectivity index (χ0v) is 6.92. The van der Waals surface area contributed by atoms with Gasteiger partial charge in [-0.1, -0.05) is 0 Å². The van der Waals surface area contributed by atoms with E-state index in [-0.39, 0.29) is 0 Å². The minimum absolute atomic E-state index is 0.412. The summed E-state index contributed by atoms with van der Waals surface area (Å²) < 4.78 is 0. The molecular formula is C10H12O2. The molecule has 12 heavy (non-hydrogen) atoms. The number of carbonyl (C=O) groups is 1. The molecule has 2 unspecified atom stereocenters. The topological polar surface area (TPSA) is 37.3 Å². The van der Waals surface area contributed by atoms with Crippen molar-refractivity contribution >= 4 is 5.97 Å². The zero-order valence-electron chi connectivity index (χ0n) is 6.92. The van der Waals surface area contributed by atoms with Gasteiger partial charge in [0.1, 0.15) is 0 Å². The fourth-order valence-corrected chi connectivity index (χ4v) is 2.49. The van der Waals surface area contributed by atoms with Gasteiger partial charge in [-0.25, -0.2) is 0 Å². The van der Waals surface area contributed by atoms with Gasteiger partial charge in [-0.3, -0.25) is 4.79 Å². The van der Waals surface area contributed by atoms with Crippen molar-refractivity contribution in [3.8, 4) is 12.3 Å². The third-order valence-electron chi connectivity index (χ3n) is 3.27. The molecule has 2 fully saturated rings. The second-order valence-corrected chi connectivity index (χ2v) is 4.13. The second kappa shape index (κ2) is 2.26. The van der Waals surface area contributed by atoms with Gasteiger partial charge in [0.05, 0.1) is 5.41 Å². The molecule has 0 amide bonds. The average Bonchev–Trinajstić information content (AvgIpc) is 2.60. The molecule has 2 heteroatoms. The summed E-state index contributed by atoms with van der Waals surface area (Å²) in [5.74, 6) is 3.16. The van der Waals surface area contributed by atoms with Gasteiger partial charge in [0.15, 0.2) is 0 Å². The van der Waals surface area contributed by atoms with E-state index in [1.807, 2.05) is 0 Å². The zero-order chi connectivity index (χ0) is 8.77. The molecule has 0 aromatic heterocycles. The Kier molecular flexibility index (Phi) is 1.44. The first-order valence-corrected chi connectivity index (χ1v) is 4.35. The number of carboxylic acids is 1. The van der Waals surface area contributed by atoms with E-state index in [0.29, 0.717) is 18.3 Å². The van der Waals surface area contributed by atoms with Crippen LogP contribution in [0.2, 0.25) is 0 Å². The number of hydrogen-bond donors (Lipinski definition) is 1. The fourth-order valence-electron chi connectivity index (χ4n) is 2.49. The lowest BCUT2D eigenvalue weighted by Crippen LogP contribution is -2.28. The Balaban J connectivity index is 2.14. The highest BCUT2D eigenvalue weighted by molar-refractivity contribution is 5.76. The van der Waals surface area contributed by atoms with Crippen molar-refractivity contribution in [2.45, 2.75) is 25.7 Å². The van der Waals surface area contributed by atoms with E-state index in [1.54, 1.807) is 0 Å². The Morgan fingerprint density at radius 1 is 1.58 bits per heavy atom. The van der Waals surface area contributed by atoms with Gasteiger partial charge >= 0.3 is 5.97 Å². The van der Waals surface area contributed by atoms with Crippen LogP contribution in [0.4, 0.5) is 0 Å². The van der Waals surface area contributed by atoms with Gasteiger partial charge in [-0.05, 0) is 31.1 Å². The molecule has 0 aliphatic heterocycles. The summed E-state index contributed by atoms with van der Waals surface area (Å²) in [4.78, 5) is 11.0. The molecule has 2 nitrogen and oxygen atoms in total. The van der Waals surface area contributed by atoms with Crippen molar-refractivity contribution < 1.29 is 9.90 Å². The summed E-state index contributed by atoms with van der Waals surface area (Å²) in [6.45, 7) is 0. The third kappa shape index (κ3) is 0.929. The molecule has 0 bridgehead atoms. The van der Waals surface area contributed by atoms with Crippen LogP contribution in [0.25, 0.3) is 0 Å². The smallest absolute Gasteiger partial charge is 0.310 e. The Morgan fingerprint density at radius 3 is 2.58 bits per heavy atom. The summed E-state index contributed by atoms with van der Waals surface area (Å²) in [5.41, 5.74) is -0.553. The summed E-state index contributed by atoms with van der Waals surface area (Å²) in [6, 6.07) is 0. The average molecular weight is 164 g/mol. The standard InChI is InChI=1S/C10H12O2/c1-2-3-10(9(11)12)5-7-4-8(7)6-10/h1,7-8H,3-6H2,(H,11,12). The second-order valence-electron chi connectivity index (χ2n) is 4.13. The van der Waals surface area contributed by atoms with Crippen molar-refractivity contribution in [1.82, 2.24) is 0 Å². The van der Waals surface area contributed by atoms with Gasteiger partial charge in [-0.2, -0.15) is 0 Å². The molecule has 64 valence electrons. The predicted octanol–water partition coefficient (Wildman–Crippen LogP) is 1.51. The summed E-state index contributed by atoms with van der Waals surface area (Å²) >= 11 is 0. The number of hydrogen-bond acceptors (Lipinski definition) is 1. The van der Waals surface area contributed by atoms with E-state index in [2.05, 4.69) is 5.92 Å². The molecular weight excluding hydrogens is 152 g/mol. The van der Waals surface area contributed by atoms with E-state index >= 15 is 0 Å². The van der Waals surface area contributed by atoms with Gasteiger partial charge in [-0.15, -0.1) is 12.3 Å². The normalized spacial score (nSPS) is 43.2. The maximum Gasteiger partial charge on any atom is 0.310 e. The monoisotopic (exact) mass is 164 g/mol. The van der Waals surface area contributed by atoms with Crippen LogP contribution in [0.1, 0.15) is 25.7 Å². The van der Waals surface area contributed by atoms with E-state index in [0.717, 1.165) is 12.8 Å². The summed E-state index contributed by atoms with van der Waals surface area (Å²) in [6.07, 6.45) is 8.46. The van der Waals surface area contributed by atoms with Gasteiger partial charge in [0.2, 0.25) is 0 Å². The highest BCUT2D eigenvalue weighted by atomic mass is 16.4. The quantitative estimate of drug-likeness (QED) is 0.628. The number of carboxylic acid groups (broad SMARTS) is 1. The van der Waals surface area contributed by atoms with Crippen LogP contribution < -0.4 is 0 Å². The van der Waals surface area contributed by atoms with Crippen LogP contribution in [0.15, 0.2) is 0 Å². The van der Waals surface area contributed by atoms with Crippen molar-refractivity contribution in [3.05, 3.63) is 0 Å². The van der Waals surface area contributed by atoms with Crippen LogP contribution in [-0.2, 0) is 4.79 Å². The Hall–Kier alpha value is -0.970. The molecule has 2 saturated carbocycles. The largest absolute Gasteiger partial charge is 0.481 e. The van der Waals surface area contributed by atoms with Crippen LogP contribution in [-0.4, -0.2) is 11.1 Å². The first-order chi connectivity index (χ1) is 5.68. The first kappa shape index (κ1) is 7.67. The Labute approximate surface area is 72.0 Å². The number of terminal acetylenes is 1. The minimum atomic E-state index is -0.687. The molecule has 0 spiro atoms. The van der Waals surface area contributed by atoms with Gasteiger partial charge in [0.25, 0.3) is 0 Å². The van der Waals surface area contributed by atoms with E-state index in [9.17, 15) is 4.79 Å². The SMILES string of the molecule is C#CCC1(C(=O)O)CC2CC2C1. The molecule has 2 aliphatic carbocycles. The van der Waals surface area contributed by atoms with Crippen molar-refractivity contribution in [1.29, 1.82) is 0 Å². The van der Waals surface area contributed by atoms with Crippen molar-refractivity contribution in [2.75, 3.05) is 0 Å². The molecule has 0 heterocycles. The minimum Gasteiger partial charge on any atom is -0.481 e. The van der Waals surface area contributed by atoms with E-state index in [1.165, 1.54) is 6.42 Å². The number of fused-ring (bicyclic) bond motifs is 1. The van der Waals surface area contributed by atoms with Crippen LogP contribution in [0, 0.1) is 29.6 Å². The summed E-state index contributed by atoms with van der Waals surface area (Å²) in [5, 5.41) is 9.04. The third-order valence-corrected chi connectivity index (χ3v) is 3.27. The van der Waals surface area contributed by atoms with Gasteiger partial charge in [0, 0.05) is 6.42 Å². The molecule has 1 N–H and O–H groups in total. The summed E-state index contributed by atoms with van der Waals surface area (Å²) in [7, 11) is 0. The molecule has 2 aliphatic rings. The predicted molar refractivity (Wildman–Crippen MR) is 44.3 cm³/mol. The first-order valence-electron chi connectivity index (χ1n) is 4.35. The van der Waals surface area contributed by atoms with Crippen LogP contribution in [0.3, 0.4) is 0 Å². The molecule has 2 atom stereocenters. The Bertz CT molecular complexity index is 252. The number of rotatable bonds is 2. The maximum atomic E-state index is 11.0. The van der Waals surface area contributed by atoms with Crippen molar-refractivity contribution in [3.63, 3.8) is 0 Å². The van der Waals surface area contributed by atoms with Gasteiger partial charge < -0.3 is 5.11 Å². The molecule has 0 aromatic carbocycles. The molecule has 0 radical (unpaired) electrons. The highest BCUT2D eigenvalue weighted by Gasteiger charge is 2.57. The molecule has 0 saturated heterocycles.